The van der Waals surface area contributed by atoms with Crippen LogP contribution in [0.15, 0.2) is 0 Å². The van der Waals surface area contributed by atoms with Gasteiger partial charge in [0.05, 0.1) is 12.7 Å². The molecule has 0 aromatic heterocycles. The lowest BCUT2D eigenvalue weighted by molar-refractivity contribution is 0.0371. The van der Waals surface area contributed by atoms with Gasteiger partial charge in [0.2, 0.25) is 0 Å². The average Bonchev–Trinajstić information content (AvgIpc) is 2.70. The second-order valence-corrected chi connectivity index (χ2v) is 4.50. The highest BCUT2D eigenvalue weighted by Gasteiger charge is 2.49. The van der Waals surface area contributed by atoms with Gasteiger partial charge >= 0.3 is 0 Å². The number of rotatable bonds is 3. The molecule has 0 amide bonds. The van der Waals surface area contributed by atoms with Gasteiger partial charge in [-0.15, -0.1) is 0 Å². The first-order valence-corrected chi connectivity index (χ1v) is 5.02. The van der Waals surface area contributed by atoms with E-state index < -0.39 is 0 Å². The van der Waals surface area contributed by atoms with Crippen LogP contribution in [-0.2, 0) is 4.74 Å². The molecule has 0 aromatic carbocycles. The van der Waals surface area contributed by atoms with E-state index in [0.717, 1.165) is 18.6 Å². The third kappa shape index (κ3) is 1.50. The normalized spacial score (nSPS) is 40.5. The molecule has 0 radical (unpaired) electrons. The van der Waals surface area contributed by atoms with Crippen LogP contribution in [0.3, 0.4) is 0 Å². The van der Waals surface area contributed by atoms with Crippen molar-refractivity contribution in [2.45, 2.75) is 44.9 Å². The van der Waals surface area contributed by atoms with E-state index in [1.54, 1.807) is 0 Å². The van der Waals surface area contributed by atoms with Crippen LogP contribution in [-0.4, -0.2) is 36.7 Å². The van der Waals surface area contributed by atoms with E-state index in [-0.39, 0.29) is 0 Å². The van der Waals surface area contributed by atoms with Crippen molar-refractivity contribution >= 4 is 0 Å². The van der Waals surface area contributed by atoms with Crippen LogP contribution in [0.25, 0.3) is 0 Å². The van der Waals surface area contributed by atoms with E-state index in [9.17, 15) is 0 Å². The van der Waals surface area contributed by atoms with E-state index in [0.29, 0.717) is 12.1 Å². The minimum Gasteiger partial charge on any atom is -0.377 e. The number of likely N-dealkylation sites (N-methyl/N-ethyl adjacent to an activating group) is 1. The van der Waals surface area contributed by atoms with Gasteiger partial charge in [-0.05, 0) is 39.7 Å². The first kappa shape index (κ1) is 8.52. The quantitative estimate of drug-likeness (QED) is 0.635. The van der Waals surface area contributed by atoms with Crippen molar-refractivity contribution in [2.75, 3.05) is 13.7 Å². The molecule has 1 heterocycles. The molecule has 0 N–H and O–H groups in total. The minimum atomic E-state index is 0.385. The highest BCUT2D eigenvalue weighted by Crippen LogP contribution is 2.46. The van der Waals surface area contributed by atoms with Crippen molar-refractivity contribution < 1.29 is 4.74 Å². The SMILES string of the molecule is CC(C)OC[C@@H]1C[C@H]2C[C@H]2N1C. The minimum absolute atomic E-state index is 0.385. The summed E-state index contributed by atoms with van der Waals surface area (Å²) in [7, 11) is 2.24. The first-order valence-electron chi connectivity index (χ1n) is 5.02. The number of likely N-dealkylation sites (tertiary alicyclic amines) is 1. The standard InChI is InChI=1S/C10H19NO/c1-7(2)12-6-9-4-8-5-10(8)11(9)3/h7-10H,4-6H2,1-3H3/t8-,9-,10+/m0/s1. The van der Waals surface area contributed by atoms with Gasteiger partial charge in [-0.2, -0.15) is 0 Å². The van der Waals surface area contributed by atoms with Gasteiger partial charge in [-0.1, -0.05) is 0 Å². The third-order valence-electron chi connectivity index (χ3n) is 3.18. The fourth-order valence-corrected chi connectivity index (χ4v) is 2.26. The highest BCUT2D eigenvalue weighted by atomic mass is 16.5. The maximum absolute atomic E-state index is 5.62. The molecule has 2 rings (SSSR count). The number of fused-ring (bicyclic) bond motifs is 1. The third-order valence-corrected chi connectivity index (χ3v) is 3.18. The van der Waals surface area contributed by atoms with Crippen molar-refractivity contribution in [3.63, 3.8) is 0 Å². The topological polar surface area (TPSA) is 12.5 Å². The molecule has 2 aliphatic rings. The second kappa shape index (κ2) is 3.00. The van der Waals surface area contributed by atoms with Crippen LogP contribution >= 0.6 is 0 Å². The number of hydrogen-bond donors (Lipinski definition) is 0. The molecule has 2 nitrogen and oxygen atoms in total. The second-order valence-electron chi connectivity index (χ2n) is 4.50. The van der Waals surface area contributed by atoms with Crippen LogP contribution < -0.4 is 0 Å². The van der Waals surface area contributed by atoms with Crippen LogP contribution in [0.2, 0.25) is 0 Å². The van der Waals surface area contributed by atoms with E-state index in [1.807, 2.05) is 0 Å². The maximum Gasteiger partial charge on any atom is 0.0625 e. The summed E-state index contributed by atoms with van der Waals surface area (Å²) in [6.45, 7) is 5.15. The molecule has 3 atom stereocenters. The summed E-state index contributed by atoms with van der Waals surface area (Å²) in [4.78, 5) is 2.51. The summed E-state index contributed by atoms with van der Waals surface area (Å²) in [6.07, 6.45) is 3.19. The Kier molecular flexibility index (Phi) is 2.13. The van der Waals surface area contributed by atoms with Crippen molar-refractivity contribution in [2.24, 2.45) is 5.92 Å². The number of ether oxygens (including phenoxy) is 1. The summed E-state index contributed by atoms with van der Waals surface area (Å²) >= 11 is 0. The Bertz CT molecular complexity index is 169. The fourth-order valence-electron chi connectivity index (χ4n) is 2.26. The van der Waals surface area contributed by atoms with Crippen LogP contribution in [0, 0.1) is 5.92 Å². The molecule has 1 aliphatic heterocycles. The van der Waals surface area contributed by atoms with Gasteiger partial charge in [-0.25, -0.2) is 0 Å². The van der Waals surface area contributed by atoms with E-state index in [4.69, 9.17) is 4.74 Å². The van der Waals surface area contributed by atoms with Gasteiger partial charge in [0.25, 0.3) is 0 Å². The molecule has 0 bridgehead atoms. The molecular formula is C10H19NO. The summed E-state index contributed by atoms with van der Waals surface area (Å²) in [5.41, 5.74) is 0. The lowest BCUT2D eigenvalue weighted by Crippen LogP contribution is -2.33. The number of piperidine rings is 1. The van der Waals surface area contributed by atoms with Gasteiger partial charge in [0.15, 0.2) is 0 Å². The number of hydrogen-bond acceptors (Lipinski definition) is 2. The zero-order valence-electron chi connectivity index (χ0n) is 8.29. The summed E-state index contributed by atoms with van der Waals surface area (Å²) < 4.78 is 5.62. The summed E-state index contributed by atoms with van der Waals surface area (Å²) in [5, 5.41) is 0. The van der Waals surface area contributed by atoms with Crippen LogP contribution in [0.5, 0.6) is 0 Å². The van der Waals surface area contributed by atoms with Gasteiger partial charge in [0.1, 0.15) is 0 Å². The van der Waals surface area contributed by atoms with Crippen molar-refractivity contribution in [3.05, 3.63) is 0 Å². The Labute approximate surface area is 74.9 Å². The molecule has 0 unspecified atom stereocenters. The molecule has 1 aliphatic carbocycles. The Hall–Kier alpha value is -0.0800. The molecule has 0 spiro atoms. The van der Waals surface area contributed by atoms with E-state index in [1.165, 1.54) is 12.8 Å². The molecule has 0 aromatic rings. The zero-order valence-corrected chi connectivity index (χ0v) is 8.29. The Morgan fingerprint density at radius 1 is 1.42 bits per heavy atom. The van der Waals surface area contributed by atoms with Gasteiger partial charge in [-0.3, -0.25) is 4.90 Å². The fraction of sp³-hybridized carbons (Fsp3) is 1.00. The molecule has 70 valence electrons. The molecule has 1 saturated carbocycles. The van der Waals surface area contributed by atoms with Crippen molar-refractivity contribution in [1.29, 1.82) is 0 Å². The lowest BCUT2D eigenvalue weighted by atomic mass is 10.2. The van der Waals surface area contributed by atoms with Crippen LogP contribution in [0.4, 0.5) is 0 Å². The predicted molar refractivity (Wildman–Crippen MR) is 49.2 cm³/mol. The van der Waals surface area contributed by atoms with Gasteiger partial charge in [0, 0.05) is 12.1 Å². The Morgan fingerprint density at radius 2 is 2.17 bits per heavy atom. The molecule has 2 fully saturated rings. The Morgan fingerprint density at radius 3 is 2.67 bits per heavy atom. The zero-order chi connectivity index (χ0) is 8.72. The molecule has 12 heavy (non-hydrogen) atoms. The monoisotopic (exact) mass is 169 g/mol. The molecular weight excluding hydrogens is 150 g/mol. The summed E-state index contributed by atoms with van der Waals surface area (Å²) in [5.74, 6) is 1.01. The first-order chi connectivity index (χ1) is 5.68. The largest absolute Gasteiger partial charge is 0.377 e. The molecule has 1 saturated heterocycles. The van der Waals surface area contributed by atoms with E-state index in [2.05, 4.69) is 25.8 Å². The summed E-state index contributed by atoms with van der Waals surface area (Å²) in [6, 6.07) is 1.61. The van der Waals surface area contributed by atoms with Crippen molar-refractivity contribution in [1.82, 2.24) is 4.90 Å². The smallest absolute Gasteiger partial charge is 0.0625 e. The number of nitrogens with zero attached hydrogens (tertiary/aromatic N) is 1. The van der Waals surface area contributed by atoms with Crippen LogP contribution in [0.1, 0.15) is 26.7 Å². The Balaban J connectivity index is 1.75. The lowest BCUT2D eigenvalue weighted by Gasteiger charge is -2.23. The maximum atomic E-state index is 5.62. The predicted octanol–water partition coefficient (Wildman–Crippen LogP) is 1.50. The van der Waals surface area contributed by atoms with Gasteiger partial charge < -0.3 is 4.74 Å². The van der Waals surface area contributed by atoms with E-state index >= 15 is 0 Å². The highest BCUT2D eigenvalue weighted by molar-refractivity contribution is 5.04. The van der Waals surface area contributed by atoms with Crippen molar-refractivity contribution in [3.8, 4) is 0 Å². The molecule has 2 heteroatoms. The average molecular weight is 169 g/mol.